The summed E-state index contributed by atoms with van der Waals surface area (Å²) in [6.07, 6.45) is 5.06. The van der Waals surface area contributed by atoms with E-state index in [-0.39, 0.29) is 55.6 Å². The number of cyclic esters (lactones) is 1. The number of carbonyl (C=O) groups is 4. The maximum absolute atomic E-state index is 14.5. The lowest BCUT2D eigenvalue weighted by atomic mass is 9.81. The van der Waals surface area contributed by atoms with Crippen LogP contribution in [0.15, 0.2) is 40.8 Å². The van der Waals surface area contributed by atoms with E-state index >= 15 is 0 Å². The summed E-state index contributed by atoms with van der Waals surface area (Å²) in [5.74, 6) is -7.37. The van der Waals surface area contributed by atoms with Crippen molar-refractivity contribution in [3.63, 3.8) is 0 Å². The van der Waals surface area contributed by atoms with Crippen molar-refractivity contribution in [3.8, 4) is 0 Å². The number of ketones is 2. The topological polar surface area (TPSA) is 167 Å². The quantitative estimate of drug-likeness (QED) is 0.152. The number of Topliss-reactive ketones (excluding diaryl/α,β-unsaturated/α-hetero) is 2. The van der Waals surface area contributed by atoms with E-state index in [4.69, 9.17) is 28.4 Å². The number of ether oxygens (including phenoxy) is 6. The molecule has 0 aromatic carbocycles. The molecule has 4 heterocycles. The summed E-state index contributed by atoms with van der Waals surface area (Å²) in [6, 6.07) is 2.93. The maximum Gasteiger partial charge on any atom is 0.329 e. The molecule has 5 rings (SSSR count). The smallest absolute Gasteiger partial charge is 0.329 e. The number of amides is 1. The van der Waals surface area contributed by atoms with Crippen LogP contribution in [0.4, 0.5) is 0 Å². The Morgan fingerprint density at radius 2 is 1.66 bits per heavy atom. The van der Waals surface area contributed by atoms with Gasteiger partial charge >= 0.3 is 5.97 Å². The van der Waals surface area contributed by atoms with Crippen LogP contribution < -0.4 is 0 Å². The maximum atomic E-state index is 14.5. The summed E-state index contributed by atoms with van der Waals surface area (Å²) in [5, 5.41) is 25.9. The Balaban J connectivity index is 1.48. The highest BCUT2D eigenvalue weighted by Gasteiger charge is 2.56. The van der Waals surface area contributed by atoms with Crippen molar-refractivity contribution < 1.29 is 57.8 Å². The molecule has 1 amide bonds. The molecule has 1 aromatic rings. The van der Waals surface area contributed by atoms with Gasteiger partial charge in [0.2, 0.25) is 5.79 Å². The zero-order valence-corrected chi connectivity index (χ0v) is 39.2. The molecule has 3 fully saturated rings. The van der Waals surface area contributed by atoms with Crippen molar-refractivity contribution in [1.29, 1.82) is 0 Å². The highest BCUT2D eigenvalue weighted by Crippen LogP contribution is 2.39. The summed E-state index contributed by atoms with van der Waals surface area (Å²) in [5.41, 5.74) is 1.71. The first kappa shape index (κ1) is 50.2. The number of methoxy groups -OCH3 is 3. The van der Waals surface area contributed by atoms with E-state index < -0.39 is 77.8 Å². The number of aliphatic hydroxyl groups excluding tert-OH is 1. The lowest BCUT2D eigenvalue weighted by molar-refractivity contribution is -0.302. The van der Waals surface area contributed by atoms with E-state index in [2.05, 4.69) is 13.0 Å². The number of thiophene rings is 1. The summed E-state index contributed by atoms with van der Waals surface area (Å²) >= 11 is 1.65. The molecule has 0 radical (unpaired) electrons. The number of aliphatic hydroxyl groups is 2. The summed E-state index contributed by atoms with van der Waals surface area (Å²) in [4.78, 5) is 59.4. The molecule has 13 nitrogen and oxygen atoms in total. The van der Waals surface area contributed by atoms with Crippen molar-refractivity contribution in [2.24, 2.45) is 29.6 Å². The normalized spacial score (nSPS) is 38.7. The van der Waals surface area contributed by atoms with Gasteiger partial charge in [-0.1, -0.05) is 51.5 Å². The third-order valence-electron chi connectivity index (χ3n) is 13.9. The molecule has 2 saturated heterocycles. The van der Waals surface area contributed by atoms with Crippen molar-refractivity contribution in [2.45, 2.75) is 173 Å². The van der Waals surface area contributed by atoms with Crippen LogP contribution in [0, 0.1) is 29.6 Å². The molecule has 14 heteroatoms. The fourth-order valence-electron chi connectivity index (χ4n) is 10.1. The zero-order valence-electron chi connectivity index (χ0n) is 38.4. The summed E-state index contributed by atoms with van der Waals surface area (Å²) < 4.78 is 36.6. The van der Waals surface area contributed by atoms with E-state index in [1.807, 2.05) is 44.4 Å². The largest absolute Gasteiger partial charge is 0.456 e. The Labute approximate surface area is 372 Å². The third-order valence-corrected chi connectivity index (χ3v) is 14.7. The first-order valence-electron chi connectivity index (χ1n) is 22.8. The Kier molecular flexibility index (Phi) is 18.5. The molecule has 2 N–H and O–H groups in total. The molecule has 62 heavy (non-hydrogen) atoms. The second-order valence-electron chi connectivity index (χ2n) is 18.5. The van der Waals surface area contributed by atoms with E-state index in [0.29, 0.717) is 50.7 Å². The monoisotopic (exact) mass is 887 g/mol. The van der Waals surface area contributed by atoms with Crippen molar-refractivity contribution in [1.82, 2.24) is 4.90 Å². The number of hydrogen-bond acceptors (Lipinski definition) is 13. The number of piperidine rings is 1. The number of nitrogens with zero attached hydrogens (tertiary/aromatic N) is 1. The Morgan fingerprint density at radius 1 is 0.952 bits per heavy atom. The van der Waals surface area contributed by atoms with Gasteiger partial charge in [0.25, 0.3) is 11.7 Å². The molecular formula is C48H73NO12S. The SMILES string of the molecule is CC[C@@H]1/C=C(\C)C[C@H](C)C[C@H](OC)[C@H]2O[C@@](O)(C(=O)C(=O)N3CCCC[C@H]3C(=O)O[C@H](/C(C)=C/[C@@H]3CC[C@@H](OCc4cccs4)[C@H](OC)C3)[C@H](C)[C@@H](O)CC1=O)[C@H](C)C[C@@H]2OC. The van der Waals surface area contributed by atoms with Gasteiger partial charge in [-0.05, 0) is 107 Å². The molecule has 2 bridgehead atoms. The number of esters is 1. The average Bonchev–Trinajstić information content (AvgIpc) is 3.79. The van der Waals surface area contributed by atoms with Crippen LogP contribution in [0.3, 0.4) is 0 Å². The molecule has 1 aromatic heterocycles. The zero-order chi connectivity index (χ0) is 45.3. The van der Waals surface area contributed by atoms with Crippen LogP contribution in [0.5, 0.6) is 0 Å². The average molecular weight is 888 g/mol. The highest BCUT2D eigenvalue weighted by atomic mass is 32.1. The molecule has 348 valence electrons. The fourth-order valence-corrected chi connectivity index (χ4v) is 10.8. The van der Waals surface area contributed by atoms with Crippen molar-refractivity contribution in [2.75, 3.05) is 27.9 Å². The van der Waals surface area contributed by atoms with Crippen LogP contribution in [0.2, 0.25) is 0 Å². The minimum absolute atomic E-state index is 0.0372. The Hall–Kier alpha value is -2.82. The van der Waals surface area contributed by atoms with Crippen molar-refractivity contribution in [3.05, 3.63) is 45.7 Å². The number of allylic oxidation sites excluding steroid dienone is 3. The molecule has 0 unspecified atom stereocenters. The lowest BCUT2D eigenvalue weighted by Gasteiger charge is -2.47. The van der Waals surface area contributed by atoms with Crippen LogP contribution in [-0.4, -0.2) is 121 Å². The van der Waals surface area contributed by atoms with Gasteiger partial charge < -0.3 is 43.5 Å². The molecular weight excluding hydrogens is 815 g/mol. The Morgan fingerprint density at radius 3 is 2.32 bits per heavy atom. The van der Waals surface area contributed by atoms with E-state index in [9.17, 15) is 29.4 Å². The van der Waals surface area contributed by atoms with E-state index in [1.165, 1.54) is 12.0 Å². The first-order valence-corrected chi connectivity index (χ1v) is 23.7. The number of hydrogen-bond donors (Lipinski definition) is 2. The molecule has 0 spiro atoms. The van der Waals surface area contributed by atoms with Gasteiger partial charge in [-0.2, -0.15) is 0 Å². The lowest BCUT2D eigenvalue weighted by Crippen LogP contribution is -2.64. The van der Waals surface area contributed by atoms with Crippen LogP contribution in [0.1, 0.15) is 117 Å². The molecule has 1 saturated carbocycles. The molecule has 3 aliphatic heterocycles. The minimum atomic E-state index is -2.50. The van der Waals surface area contributed by atoms with Gasteiger partial charge in [-0.25, -0.2) is 4.79 Å². The summed E-state index contributed by atoms with van der Waals surface area (Å²) in [6.45, 7) is 11.9. The predicted octanol–water partition coefficient (Wildman–Crippen LogP) is 6.76. The molecule has 14 atom stereocenters. The molecule has 4 aliphatic rings. The standard InChI is InChI=1S/C48H73NO12S/c1-10-34-21-28(2)20-29(3)22-41(57-8)44-42(58-9)24-31(5)48(55,61-44)45(52)46(53)49-18-12-11-15-36(49)47(54)60-43(32(6)37(50)26-38(34)51)30(4)23-33-16-17-39(40(25-33)56-7)59-27-35-14-13-19-62-35/h13-14,19,21,23,29,31-34,36-37,39-44,50,55H,10-12,15-18,20,22,24-27H2,1-9H3/b28-21+,30-23+/t29-,31+,32+,33-,34+,36-,37-,39+,40+,41-,42-,43+,44+,48+/m0/s1. The second-order valence-corrected chi connectivity index (χ2v) is 19.5. The number of carbonyl (C=O) groups excluding carboxylic acids is 4. The molecule has 1 aliphatic carbocycles. The number of fused-ring (bicyclic) bond motifs is 3. The fraction of sp³-hybridized carbons (Fsp3) is 0.750. The van der Waals surface area contributed by atoms with Gasteiger partial charge in [-0.3, -0.25) is 14.4 Å². The van der Waals surface area contributed by atoms with Crippen LogP contribution in [0.25, 0.3) is 0 Å². The first-order chi connectivity index (χ1) is 29.5. The van der Waals surface area contributed by atoms with Gasteiger partial charge in [0.1, 0.15) is 24.0 Å². The van der Waals surface area contributed by atoms with Gasteiger partial charge in [0, 0.05) is 56.9 Å². The Bertz CT molecular complexity index is 1710. The van der Waals surface area contributed by atoms with E-state index in [1.54, 1.807) is 39.4 Å². The number of rotatable bonds is 9. The third kappa shape index (κ3) is 12.1. The van der Waals surface area contributed by atoms with Gasteiger partial charge in [0.05, 0.1) is 37.1 Å². The van der Waals surface area contributed by atoms with E-state index in [0.717, 1.165) is 23.3 Å². The summed E-state index contributed by atoms with van der Waals surface area (Å²) in [7, 11) is 4.77. The second kappa shape index (κ2) is 22.9. The minimum Gasteiger partial charge on any atom is -0.456 e. The highest BCUT2D eigenvalue weighted by molar-refractivity contribution is 7.09. The van der Waals surface area contributed by atoms with Crippen molar-refractivity contribution >= 4 is 34.8 Å². The van der Waals surface area contributed by atoms with Crippen LogP contribution in [-0.2, 0) is 54.2 Å². The van der Waals surface area contributed by atoms with Gasteiger partial charge in [-0.15, -0.1) is 11.3 Å². The van der Waals surface area contributed by atoms with Crippen LogP contribution >= 0.6 is 11.3 Å². The van der Waals surface area contributed by atoms with Gasteiger partial charge in [0.15, 0.2) is 0 Å². The predicted molar refractivity (Wildman–Crippen MR) is 235 cm³/mol.